The highest BCUT2D eigenvalue weighted by molar-refractivity contribution is 6.30. The van der Waals surface area contributed by atoms with Crippen LogP contribution in [0.1, 0.15) is 69.9 Å². The van der Waals surface area contributed by atoms with Crippen LogP contribution in [0.25, 0.3) is 0 Å². The summed E-state index contributed by atoms with van der Waals surface area (Å²) in [6.07, 6.45) is 11.3. The predicted molar refractivity (Wildman–Crippen MR) is 90.7 cm³/mol. The molecule has 2 aliphatic carbocycles. The highest BCUT2D eigenvalue weighted by atomic mass is 35.5. The summed E-state index contributed by atoms with van der Waals surface area (Å²) in [5, 5.41) is 4.81. The summed E-state index contributed by atoms with van der Waals surface area (Å²) in [5.74, 6) is 1.69. The summed E-state index contributed by atoms with van der Waals surface area (Å²) < 4.78 is 0. The first-order chi connectivity index (χ1) is 10.2. The molecule has 116 valence electrons. The van der Waals surface area contributed by atoms with Gasteiger partial charge < -0.3 is 5.32 Å². The smallest absolute Gasteiger partial charge is 0.0406 e. The Morgan fingerprint density at radius 1 is 0.905 bits per heavy atom. The van der Waals surface area contributed by atoms with E-state index in [2.05, 4.69) is 24.4 Å². The van der Waals surface area contributed by atoms with E-state index >= 15 is 0 Å². The lowest BCUT2D eigenvalue weighted by Crippen LogP contribution is -2.37. The van der Waals surface area contributed by atoms with Gasteiger partial charge in [-0.05, 0) is 62.1 Å². The molecule has 3 rings (SSSR count). The summed E-state index contributed by atoms with van der Waals surface area (Å²) in [4.78, 5) is 0. The van der Waals surface area contributed by atoms with Gasteiger partial charge in [0.15, 0.2) is 0 Å². The first-order valence-corrected chi connectivity index (χ1v) is 9.13. The van der Waals surface area contributed by atoms with E-state index < -0.39 is 0 Å². The van der Waals surface area contributed by atoms with Gasteiger partial charge in [-0.25, -0.2) is 0 Å². The van der Waals surface area contributed by atoms with Crippen molar-refractivity contribution in [3.05, 3.63) is 34.9 Å². The van der Waals surface area contributed by atoms with E-state index in [1.165, 1.54) is 56.9 Å². The normalized spacial score (nSPS) is 23.5. The molecule has 0 aliphatic heterocycles. The van der Waals surface area contributed by atoms with Crippen LogP contribution in [0.5, 0.6) is 0 Å². The van der Waals surface area contributed by atoms with Crippen molar-refractivity contribution in [3.63, 3.8) is 0 Å². The first-order valence-electron chi connectivity index (χ1n) is 8.75. The maximum atomic E-state index is 6.04. The molecule has 0 aromatic heterocycles. The fourth-order valence-electron chi connectivity index (χ4n) is 3.83. The van der Waals surface area contributed by atoms with Gasteiger partial charge in [0.2, 0.25) is 0 Å². The number of rotatable bonds is 5. The van der Waals surface area contributed by atoms with Gasteiger partial charge in [-0.2, -0.15) is 0 Å². The van der Waals surface area contributed by atoms with Crippen LogP contribution >= 0.6 is 11.6 Å². The molecule has 0 saturated heterocycles. The molecular weight excluding hydrogens is 278 g/mol. The van der Waals surface area contributed by atoms with Crippen molar-refractivity contribution in [2.24, 2.45) is 11.8 Å². The van der Waals surface area contributed by atoms with Gasteiger partial charge in [0.25, 0.3) is 0 Å². The third kappa shape index (κ3) is 4.23. The average molecular weight is 306 g/mol. The molecule has 1 aromatic carbocycles. The highest BCUT2D eigenvalue weighted by Gasteiger charge is 2.34. The van der Waals surface area contributed by atoms with Crippen LogP contribution in [0.3, 0.4) is 0 Å². The lowest BCUT2D eigenvalue weighted by atomic mass is 9.91. The second kappa shape index (κ2) is 7.15. The van der Waals surface area contributed by atoms with Gasteiger partial charge in [-0.1, -0.05) is 49.4 Å². The van der Waals surface area contributed by atoms with Gasteiger partial charge in [-0.15, -0.1) is 0 Å². The Morgan fingerprint density at radius 2 is 1.52 bits per heavy atom. The van der Waals surface area contributed by atoms with Crippen molar-refractivity contribution < 1.29 is 0 Å². The molecule has 21 heavy (non-hydrogen) atoms. The molecule has 0 amide bonds. The minimum absolute atomic E-state index is 0.528. The van der Waals surface area contributed by atoms with Crippen LogP contribution in [-0.4, -0.2) is 6.04 Å². The van der Waals surface area contributed by atoms with Gasteiger partial charge in [0, 0.05) is 17.1 Å². The van der Waals surface area contributed by atoms with Gasteiger partial charge in [-0.3, -0.25) is 0 Å². The van der Waals surface area contributed by atoms with Gasteiger partial charge >= 0.3 is 0 Å². The van der Waals surface area contributed by atoms with Crippen molar-refractivity contribution in [2.75, 3.05) is 0 Å². The molecule has 1 aromatic rings. The summed E-state index contributed by atoms with van der Waals surface area (Å²) in [6, 6.07) is 9.63. The summed E-state index contributed by atoms with van der Waals surface area (Å²) >= 11 is 6.04. The van der Waals surface area contributed by atoms with E-state index in [1.807, 2.05) is 12.1 Å². The summed E-state index contributed by atoms with van der Waals surface area (Å²) in [7, 11) is 0. The van der Waals surface area contributed by atoms with E-state index in [0.29, 0.717) is 12.1 Å². The Hall–Kier alpha value is -0.530. The molecule has 2 heteroatoms. The molecule has 2 fully saturated rings. The zero-order chi connectivity index (χ0) is 14.7. The Balaban J connectivity index is 1.65. The molecule has 2 atom stereocenters. The molecule has 0 heterocycles. The second-order valence-electron chi connectivity index (χ2n) is 7.07. The number of hydrogen-bond donors (Lipinski definition) is 1. The summed E-state index contributed by atoms with van der Waals surface area (Å²) in [6.45, 7) is 2.40. The number of halogens is 1. The SMILES string of the molecule is C[C@H](NC(c1ccc(Cl)cc1)C1CC1)C1CCCCCC1. The quantitative estimate of drug-likeness (QED) is 0.684. The van der Waals surface area contributed by atoms with Crippen LogP contribution < -0.4 is 5.32 Å². The van der Waals surface area contributed by atoms with E-state index in [0.717, 1.165) is 16.9 Å². The molecule has 1 nitrogen and oxygen atoms in total. The maximum absolute atomic E-state index is 6.04. The van der Waals surface area contributed by atoms with Crippen LogP contribution in [0.15, 0.2) is 24.3 Å². The van der Waals surface area contributed by atoms with Crippen molar-refractivity contribution in [2.45, 2.75) is 70.4 Å². The Bertz CT molecular complexity index is 429. The van der Waals surface area contributed by atoms with E-state index in [1.54, 1.807) is 0 Å². The third-order valence-corrected chi connectivity index (χ3v) is 5.62. The van der Waals surface area contributed by atoms with Gasteiger partial charge in [0.05, 0.1) is 0 Å². The van der Waals surface area contributed by atoms with Crippen LogP contribution in [0.2, 0.25) is 5.02 Å². The number of benzene rings is 1. The number of nitrogens with one attached hydrogen (secondary N) is 1. The minimum atomic E-state index is 0.528. The minimum Gasteiger partial charge on any atom is -0.307 e. The molecular formula is C19H28ClN. The number of hydrogen-bond acceptors (Lipinski definition) is 1. The lowest BCUT2D eigenvalue weighted by molar-refractivity contribution is 0.298. The molecule has 0 spiro atoms. The van der Waals surface area contributed by atoms with Crippen LogP contribution in [-0.2, 0) is 0 Å². The largest absolute Gasteiger partial charge is 0.307 e. The lowest BCUT2D eigenvalue weighted by Gasteiger charge is -2.29. The van der Waals surface area contributed by atoms with Crippen molar-refractivity contribution >= 4 is 11.6 Å². The monoisotopic (exact) mass is 305 g/mol. The second-order valence-corrected chi connectivity index (χ2v) is 7.51. The Morgan fingerprint density at radius 3 is 2.10 bits per heavy atom. The molecule has 1 N–H and O–H groups in total. The molecule has 2 aliphatic rings. The Kier molecular flexibility index (Phi) is 5.24. The van der Waals surface area contributed by atoms with E-state index in [9.17, 15) is 0 Å². The van der Waals surface area contributed by atoms with Crippen LogP contribution in [0, 0.1) is 11.8 Å². The molecule has 2 saturated carbocycles. The molecule has 0 bridgehead atoms. The fourth-order valence-corrected chi connectivity index (χ4v) is 3.96. The molecule has 1 unspecified atom stereocenters. The molecule has 0 radical (unpaired) electrons. The predicted octanol–water partition coefficient (Wildman–Crippen LogP) is 5.74. The topological polar surface area (TPSA) is 12.0 Å². The van der Waals surface area contributed by atoms with Crippen molar-refractivity contribution in [3.8, 4) is 0 Å². The van der Waals surface area contributed by atoms with Gasteiger partial charge in [0.1, 0.15) is 0 Å². The Labute approximate surface area is 134 Å². The van der Waals surface area contributed by atoms with Crippen LogP contribution in [0.4, 0.5) is 0 Å². The highest BCUT2D eigenvalue weighted by Crippen LogP contribution is 2.42. The van der Waals surface area contributed by atoms with E-state index in [4.69, 9.17) is 11.6 Å². The summed E-state index contributed by atoms with van der Waals surface area (Å²) in [5.41, 5.74) is 1.42. The zero-order valence-corrected chi connectivity index (χ0v) is 13.9. The maximum Gasteiger partial charge on any atom is 0.0406 e. The first kappa shape index (κ1) is 15.4. The van der Waals surface area contributed by atoms with E-state index in [-0.39, 0.29) is 0 Å². The average Bonchev–Trinajstić information content (AvgIpc) is 3.32. The standard InChI is InChI=1S/C19H28ClN/c1-14(15-6-4-2-3-5-7-15)21-19(16-8-9-16)17-10-12-18(20)13-11-17/h10-16,19,21H,2-9H2,1H3/t14-,19?/m0/s1. The van der Waals surface area contributed by atoms with Crippen molar-refractivity contribution in [1.82, 2.24) is 5.32 Å². The fraction of sp³-hybridized carbons (Fsp3) is 0.684. The third-order valence-electron chi connectivity index (χ3n) is 5.37. The van der Waals surface area contributed by atoms with Crippen molar-refractivity contribution in [1.29, 1.82) is 0 Å². The zero-order valence-electron chi connectivity index (χ0n) is 13.2.